The Morgan fingerprint density at radius 1 is 1.11 bits per heavy atom. The maximum Gasteiger partial charge on any atom is 0.0582 e. The predicted molar refractivity (Wildman–Crippen MR) is 80.3 cm³/mol. The summed E-state index contributed by atoms with van der Waals surface area (Å²) in [5.41, 5.74) is 8.48. The van der Waals surface area contributed by atoms with Gasteiger partial charge in [0.1, 0.15) is 0 Å². The Morgan fingerprint density at radius 2 is 1.67 bits per heavy atom. The molecule has 3 heteroatoms. The molecule has 104 valence electrons. The van der Waals surface area contributed by atoms with Gasteiger partial charge in [0, 0.05) is 6.04 Å². The van der Waals surface area contributed by atoms with Gasteiger partial charge in [-0.1, -0.05) is 45.0 Å². The molecule has 1 rings (SSSR count). The second-order valence-corrected chi connectivity index (χ2v) is 5.38. The quantitative estimate of drug-likeness (QED) is 0.835. The van der Waals surface area contributed by atoms with Gasteiger partial charge in [0.2, 0.25) is 0 Å². The normalized spacial score (nSPS) is 14.1. The van der Waals surface area contributed by atoms with Crippen LogP contribution in [0.25, 0.3) is 0 Å². The van der Waals surface area contributed by atoms with Crippen LogP contribution in [0, 0.1) is 5.92 Å². The monoisotopic (exact) mass is 271 g/mol. The molecule has 0 amide bonds. The van der Waals surface area contributed by atoms with E-state index in [-0.39, 0.29) is 25.1 Å². The topological polar surface area (TPSA) is 46.2 Å². The van der Waals surface area contributed by atoms with E-state index in [1.165, 1.54) is 11.1 Å². The second-order valence-electron chi connectivity index (χ2n) is 5.38. The van der Waals surface area contributed by atoms with Gasteiger partial charge in [-0.25, -0.2) is 0 Å². The summed E-state index contributed by atoms with van der Waals surface area (Å²) in [6.45, 7) is 6.68. The Bertz CT molecular complexity index is 324. The number of nitrogens with two attached hydrogens (primary N) is 1. The van der Waals surface area contributed by atoms with Crippen LogP contribution in [0.5, 0.6) is 0 Å². The van der Waals surface area contributed by atoms with Crippen LogP contribution in [0.4, 0.5) is 0 Å². The second kappa shape index (κ2) is 8.52. The highest BCUT2D eigenvalue weighted by atomic mass is 35.5. The molecular formula is C15H26ClNO. The van der Waals surface area contributed by atoms with E-state index in [4.69, 9.17) is 10.8 Å². The van der Waals surface area contributed by atoms with E-state index in [1.807, 2.05) is 0 Å². The number of hydrogen-bond donors (Lipinski definition) is 2. The summed E-state index contributed by atoms with van der Waals surface area (Å²) in [5.74, 6) is 1.10. The Balaban J connectivity index is 0.00000289. The summed E-state index contributed by atoms with van der Waals surface area (Å²) in [6.07, 6.45) is 1.91. The number of aliphatic hydroxyl groups excluding tert-OH is 1. The first kappa shape index (κ1) is 17.4. The minimum absolute atomic E-state index is 0. The van der Waals surface area contributed by atoms with Gasteiger partial charge in [-0.15, -0.1) is 12.4 Å². The molecule has 3 N–H and O–H groups in total. The number of halogens is 1. The zero-order valence-electron chi connectivity index (χ0n) is 11.6. The van der Waals surface area contributed by atoms with Gasteiger partial charge in [-0.3, -0.25) is 0 Å². The number of benzene rings is 1. The maximum atomic E-state index is 8.92. The van der Waals surface area contributed by atoms with Gasteiger partial charge in [0.25, 0.3) is 0 Å². The van der Waals surface area contributed by atoms with Crippen LogP contribution in [-0.4, -0.2) is 17.8 Å². The smallest absolute Gasteiger partial charge is 0.0582 e. The molecule has 18 heavy (non-hydrogen) atoms. The Kier molecular flexibility index (Phi) is 8.25. The summed E-state index contributed by atoms with van der Waals surface area (Å²) < 4.78 is 0. The van der Waals surface area contributed by atoms with Crippen LogP contribution in [-0.2, 0) is 6.42 Å². The first-order valence-corrected chi connectivity index (χ1v) is 6.48. The lowest BCUT2D eigenvalue weighted by Gasteiger charge is -2.16. The first-order valence-electron chi connectivity index (χ1n) is 6.48. The van der Waals surface area contributed by atoms with Gasteiger partial charge in [0.15, 0.2) is 0 Å². The molecule has 1 aromatic carbocycles. The summed E-state index contributed by atoms with van der Waals surface area (Å²) >= 11 is 0. The fourth-order valence-corrected chi connectivity index (χ4v) is 2.12. The Labute approximate surface area is 117 Å². The van der Waals surface area contributed by atoms with Crippen molar-refractivity contribution in [2.24, 2.45) is 11.7 Å². The van der Waals surface area contributed by atoms with E-state index < -0.39 is 0 Å². The van der Waals surface area contributed by atoms with Crippen molar-refractivity contribution in [2.45, 2.75) is 45.6 Å². The zero-order valence-corrected chi connectivity index (χ0v) is 12.4. The average Bonchev–Trinajstić information content (AvgIpc) is 2.29. The highest BCUT2D eigenvalue weighted by Crippen LogP contribution is 2.18. The van der Waals surface area contributed by atoms with Gasteiger partial charge >= 0.3 is 0 Å². The molecule has 0 aliphatic rings. The fourth-order valence-electron chi connectivity index (χ4n) is 2.12. The zero-order chi connectivity index (χ0) is 12.8. The van der Waals surface area contributed by atoms with E-state index in [9.17, 15) is 0 Å². The van der Waals surface area contributed by atoms with Crippen molar-refractivity contribution in [1.82, 2.24) is 0 Å². The lowest BCUT2D eigenvalue weighted by Crippen LogP contribution is -2.27. The van der Waals surface area contributed by atoms with Crippen molar-refractivity contribution in [3.05, 3.63) is 35.4 Å². The average molecular weight is 272 g/mol. The van der Waals surface area contributed by atoms with Crippen LogP contribution in [0.1, 0.15) is 44.2 Å². The van der Waals surface area contributed by atoms with Gasteiger partial charge in [0.05, 0.1) is 6.61 Å². The molecular weight excluding hydrogens is 246 g/mol. The molecule has 0 heterocycles. The van der Waals surface area contributed by atoms with Crippen molar-refractivity contribution in [1.29, 1.82) is 0 Å². The summed E-state index contributed by atoms with van der Waals surface area (Å²) in [7, 11) is 0. The Hall–Kier alpha value is -0.570. The molecule has 0 bridgehead atoms. The van der Waals surface area contributed by atoms with Crippen LogP contribution in [0.15, 0.2) is 24.3 Å². The SMILES string of the molecule is CC(Cc1ccc(C(C)C)cc1)CC(N)CO.Cl. The molecule has 0 aliphatic carbocycles. The molecule has 2 nitrogen and oxygen atoms in total. The van der Waals surface area contributed by atoms with Crippen LogP contribution in [0.3, 0.4) is 0 Å². The van der Waals surface area contributed by atoms with Crippen molar-refractivity contribution >= 4 is 12.4 Å². The van der Waals surface area contributed by atoms with Gasteiger partial charge < -0.3 is 10.8 Å². The van der Waals surface area contributed by atoms with Crippen molar-refractivity contribution in [3.63, 3.8) is 0 Å². The third kappa shape index (κ3) is 5.85. The molecule has 0 saturated heterocycles. The Morgan fingerprint density at radius 3 is 2.11 bits per heavy atom. The van der Waals surface area contributed by atoms with Crippen molar-refractivity contribution < 1.29 is 5.11 Å². The maximum absolute atomic E-state index is 8.92. The molecule has 0 aromatic heterocycles. The lowest BCUT2D eigenvalue weighted by atomic mass is 9.93. The summed E-state index contributed by atoms with van der Waals surface area (Å²) in [5, 5.41) is 8.92. The fraction of sp³-hybridized carbons (Fsp3) is 0.600. The molecule has 2 unspecified atom stereocenters. The first-order chi connectivity index (χ1) is 8.02. The molecule has 2 atom stereocenters. The highest BCUT2D eigenvalue weighted by molar-refractivity contribution is 5.85. The number of rotatable bonds is 6. The van der Waals surface area contributed by atoms with Crippen molar-refractivity contribution in [3.8, 4) is 0 Å². The lowest BCUT2D eigenvalue weighted by molar-refractivity contribution is 0.247. The molecule has 1 aromatic rings. The summed E-state index contributed by atoms with van der Waals surface area (Å²) in [6, 6.07) is 8.74. The van der Waals surface area contributed by atoms with E-state index in [0.717, 1.165) is 12.8 Å². The molecule has 0 radical (unpaired) electrons. The summed E-state index contributed by atoms with van der Waals surface area (Å²) in [4.78, 5) is 0. The van der Waals surface area contributed by atoms with Crippen molar-refractivity contribution in [2.75, 3.05) is 6.61 Å². The minimum Gasteiger partial charge on any atom is -0.395 e. The molecule has 0 saturated carbocycles. The predicted octanol–water partition coefficient (Wildman–Crippen LogP) is 3.12. The van der Waals surface area contributed by atoms with E-state index in [0.29, 0.717) is 11.8 Å². The van der Waals surface area contributed by atoms with Gasteiger partial charge in [-0.2, -0.15) is 0 Å². The van der Waals surface area contributed by atoms with E-state index in [1.54, 1.807) is 0 Å². The van der Waals surface area contributed by atoms with Crippen LogP contribution < -0.4 is 5.73 Å². The van der Waals surface area contributed by atoms with Gasteiger partial charge in [-0.05, 0) is 35.8 Å². The van der Waals surface area contributed by atoms with E-state index >= 15 is 0 Å². The molecule has 0 fully saturated rings. The molecule has 0 spiro atoms. The number of hydrogen-bond acceptors (Lipinski definition) is 2. The standard InChI is InChI=1S/C15H25NO.ClH/c1-11(2)14-6-4-13(5-7-14)8-12(3)9-15(16)10-17;/h4-7,11-12,15,17H,8-10,16H2,1-3H3;1H. The number of aliphatic hydroxyl groups is 1. The highest BCUT2D eigenvalue weighted by Gasteiger charge is 2.09. The van der Waals surface area contributed by atoms with Crippen LogP contribution in [0.2, 0.25) is 0 Å². The van der Waals surface area contributed by atoms with E-state index in [2.05, 4.69) is 45.0 Å². The molecule has 0 aliphatic heterocycles. The third-order valence-electron chi connectivity index (χ3n) is 3.17. The third-order valence-corrected chi connectivity index (χ3v) is 3.17. The largest absolute Gasteiger partial charge is 0.395 e. The van der Waals surface area contributed by atoms with Crippen LogP contribution >= 0.6 is 12.4 Å². The minimum atomic E-state index is -0.0834.